The molecule has 14 heavy (non-hydrogen) atoms. The average molecular weight is 251 g/mol. The third kappa shape index (κ3) is 1.05. The van der Waals surface area contributed by atoms with Gasteiger partial charge in [-0.15, -0.1) is 0 Å². The molecule has 0 amide bonds. The predicted molar refractivity (Wildman–Crippen MR) is 62.5 cm³/mol. The minimum atomic E-state index is 0.616. The van der Waals surface area contributed by atoms with E-state index in [9.17, 15) is 0 Å². The summed E-state index contributed by atoms with van der Waals surface area (Å²) in [6, 6.07) is 6.87. The maximum Gasteiger partial charge on any atom is 0.0178 e. The van der Waals surface area contributed by atoms with E-state index in [-0.39, 0.29) is 0 Å². The molecule has 2 aliphatic rings. The first-order valence-corrected chi connectivity index (χ1v) is 6.34. The fraction of sp³-hybridized carbons (Fsp3) is 0.538. The molecule has 0 nitrogen and oxygen atoms in total. The van der Waals surface area contributed by atoms with Crippen LogP contribution in [0.15, 0.2) is 22.7 Å². The largest absolute Gasteiger partial charge is 0.0651 e. The van der Waals surface area contributed by atoms with Crippen molar-refractivity contribution in [3.8, 4) is 0 Å². The third-order valence-electron chi connectivity index (χ3n) is 4.17. The van der Waals surface area contributed by atoms with Crippen LogP contribution in [0.3, 0.4) is 0 Å². The van der Waals surface area contributed by atoms with Gasteiger partial charge in [-0.1, -0.05) is 35.3 Å². The zero-order valence-corrected chi connectivity index (χ0v) is 10.1. The summed E-state index contributed by atoms with van der Waals surface area (Å²) < 4.78 is 1.24. The van der Waals surface area contributed by atoms with Crippen molar-refractivity contribution in [2.75, 3.05) is 0 Å². The lowest BCUT2D eigenvalue weighted by molar-refractivity contribution is 0.585. The Morgan fingerprint density at radius 1 is 1.50 bits per heavy atom. The van der Waals surface area contributed by atoms with Crippen molar-refractivity contribution in [3.63, 3.8) is 0 Å². The monoisotopic (exact) mass is 250 g/mol. The summed E-state index contributed by atoms with van der Waals surface area (Å²) in [6.07, 6.45) is 5.50. The summed E-state index contributed by atoms with van der Waals surface area (Å²) >= 11 is 3.56. The fourth-order valence-corrected chi connectivity index (χ4v) is 3.71. The van der Waals surface area contributed by atoms with Crippen molar-refractivity contribution in [2.24, 2.45) is 5.92 Å². The third-order valence-corrected chi connectivity index (χ3v) is 4.66. The Morgan fingerprint density at radius 2 is 2.36 bits per heavy atom. The van der Waals surface area contributed by atoms with E-state index >= 15 is 0 Å². The zero-order chi connectivity index (χ0) is 9.76. The van der Waals surface area contributed by atoms with E-state index in [4.69, 9.17) is 0 Å². The molecule has 0 aromatic heterocycles. The number of hydrogen-bond acceptors (Lipinski definition) is 0. The van der Waals surface area contributed by atoms with Gasteiger partial charge in [-0.3, -0.25) is 0 Å². The lowest BCUT2D eigenvalue weighted by atomic mass is 9.95. The van der Waals surface area contributed by atoms with Crippen LogP contribution in [0.4, 0.5) is 0 Å². The highest BCUT2D eigenvalue weighted by Gasteiger charge is 2.56. The van der Waals surface area contributed by atoms with Crippen molar-refractivity contribution in [1.82, 2.24) is 0 Å². The smallest absolute Gasteiger partial charge is 0.0178 e. The topological polar surface area (TPSA) is 0 Å². The van der Waals surface area contributed by atoms with Gasteiger partial charge in [0, 0.05) is 4.47 Å². The van der Waals surface area contributed by atoms with Gasteiger partial charge in [0.15, 0.2) is 0 Å². The molecule has 0 saturated heterocycles. The minimum absolute atomic E-state index is 0.616. The normalized spacial score (nSPS) is 33.4. The van der Waals surface area contributed by atoms with Gasteiger partial charge in [-0.2, -0.15) is 0 Å². The Bertz CT molecular complexity index is 383. The SMILES string of the molecule is CCC1CC12CCc1cc(Br)ccc12. The van der Waals surface area contributed by atoms with Crippen molar-refractivity contribution in [2.45, 2.75) is 38.0 Å². The number of aryl methyl sites for hydroxylation is 1. The summed E-state index contributed by atoms with van der Waals surface area (Å²) in [5, 5.41) is 0. The molecule has 1 heteroatoms. The summed E-state index contributed by atoms with van der Waals surface area (Å²) in [6.45, 7) is 2.33. The zero-order valence-electron chi connectivity index (χ0n) is 8.52. The van der Waals surface area contributed by atoms with Crippen LogP contribution in [-0.4, -0.2) is 0 Å². The summed E-state index contributed by atoms with van der Waals surface area (Å²) in [5.41, 5.74) is 3.87. The molecular formula is C13H15Br. The minimum Gasteiger partial charge on any atom is -0.0651 e. The van der Waals surface area contributed by atoms with Crippen molar-refractivity contribution in [3.05, 3.63) is 33.8 Å². The molecular weight excluding hydrogens is 236 g/mol. The summed E-state index contributed by atoms with van der Waals surface area (Å²) in [4.78, 5) is 0. The highest BCUT2D eigenvalue weighted by Crippen LogP contribution is 2.62. The Labute approximate surface area is 93.8 Å². The lowest BCUT2D eigenvalue weighted by Gasteiger charge is -2.10. The van der Waals surface area contributed by atoms with Crippen LogP contribution < -0.4 is 0 Å². The van der Waals surface area contributed by atoms with E-state index in [2.05, 4.69) is 41.1 Å². The van der Waals surface area contributed by atoms with E-state index in [1.165, 1.54) is 30.2 Å². The van der Waals surface area contributed by atoms with Crippen LogP contribution >= 0.6 is 15.9 Å². The summed E-state index contributed by atoms with van der Waals surface area (Å²) in [7, 11) is 0. The summed E-state index contributed by atoms with van der Waals surface area (Å²) in [5.74, 6) is 0.977. The van der Waals surface area contributed by atoms with Crippen molar-refractivity contribution in [1.29, 1.82) is 0 Å². The second kappa shape index (κ2) is 2.85. The lowest BCUT2D eigenvalue weighted by Crippen LogP contribution is -2.04. The maximum absolute atomic E-state index is 3.56. The van der Waals surface area contributed by atoms with Crippen LogP contribution in [-0.2, 0) is 11.8 Å². The highest BCUT2D eigenvalue weighted by molar-refractivity contribution is 9.10. The van der Waals surface area contributed by atoms with E-state index in [1.54, 1.807) is 11.1 Å². The molecule has 1 aromatic rings. The van der Waals surface area contributed by atoms with Crippen LogP contribution in [0.1, 0.15) is 37.3 Å². The molecule has 1 fully saturated rings. The molecule has 0 heterocycles. The number of fused-ring (bicyclic) bond motifs is 2. The molecule has 1 aromatic carbocycles. The number of halogens is 1. The van der Waals surface area contributed by atoms with E-state index in [0.29, 0.717) is 5.41 Å². The Hall–Kier alpha value is -0.300. The van der Waals surface area contributed by atoms with Gasteiger partial charge >= 0.3 is 0 Å². The number of hydrogen-bond donors (Lipinski definition) is 0. The molecule has 3 rings (SSSR count). The highest BCUT2D eigenvalue weighted by atomic mass is 79.9. The van der Waals surface area contributed by atoms with Crippen LogP contribution in [0.2, 0.25) is 0 Å². The molecule has 0 N–H and O–H groups in total. The molecule has 0 radical (unpaired) electrons. The molecule has 2 unspecified atom stereocenters. The average Bonchev–Trinajstić information content (AvgIpc) is 2.78. The first-order chi connectivity index (χ1) is 6.76. The maximum atomic E-state index is 3.56. The molecule has 74 valence electrons. The van der Waals surface area contributed by atoms with Gasteiger partial charge in [-0.05, 0) is 53.9 Å². The van der Waals surface area contributed by atoms with Gasteiger partial charge in [0.25, 0.3) is 0 Å². The predicted octanol–water partition coefficient (Wildman–Crippen LogP) is 4.06. The van der Waals surface area contributed by atoms with E-state index < -0.39 is 0 Å². The van der Waals surface area contributed by atoms with Gasteiger partial charge in [-0.25, -0.2) is 0 Å². The fourth-order valence-electron chi connectivity index (χ4n) is 3.30. The molecule has 0 aliphatic heterocycles. The van der Waals surface area contributed by atoms with Gasteiger partial charge < -0.3 is 0 Å². The Morgan fingerprint density at radius 3 is 3.07 bits per heavy atom. The number of benzene rings is 1. The second-order valence-corrected chi connectivity index (χ2v) is 5.68. The molecule has 0 bridgehead atoms. The molecule has 1 spiro atoms. The standard InChI is InChI=1S/C13H15Br/c1-2-10-8-13(10)6-5-9-7-11(14)3-4-12(9)13/h3-4,7,10H,2,5-6,8H2,1H3. The van der Waals surface area contributed by atoms with Gasteiger partial charge in [0.1, 0.15) is 0 Å². The van der Waals surface area contributed by atoms with Crippen molar-refractivity contribution >= 4 is 15.9 Å². The first kappa shape index (κ1) is 8.96. The number of rotatable bonds is 1. The van der Waals surface area contributed by atoms with Crippen LogP contribution in [0.25, 0.3) is 0 Å². The van der Waals surface area contributed by atoms with Crippen molar-refractivity contribution < 1.29 is 0 Å². The van der Waals surface area contributed by atoms with Crippen LogP contribution in [0.5, 0.6) is 0 Å². The van der Waals surface area contributed by atoms with Crippen LogP contribution in [0, 0.1) is 5.92 Å². The first-order valence-electron chi connectivity index (χ1n) is 5.55. The van der Waals surface area contributed by atoms with E-state index in [1.807, 2.05) is 0 Å². The Kier molecular flexibility index (Phi) is 1.82. The van der Waals surface area contributed by atoms with E-state index in [0.717, 1.165) is 5.92 Å². The van der Waals surface area contributed by atoms with Gasteiger partial charge in [0.05, 0.1) is 0 Å². The van der Waals surface area contributed by atoms with Gasteiger partial charge in [0.2, 0.25) is 0 Å². The molecule has 2 atom stereocenters. The Balaban J connectivity index is 2.04. The second-order valence-electron chi connectivity index (χ2n) is 4.77. The molecule has 2 aliphatic carbocycles. The molecule has 1 saturated carbocycles. The quantitative estimate of drug-likeness (QED) is 0.706.